The molecule has 0 radical (unpaired) electrons. The van der Waals surface area contributed by atoms with Gasteiger partial charge in [0, 0.05) is 12.1 Å². The zero-order valence-electron chi connectivity index (χ0n) is 16.8. The number of nitriles is 1. The second kappa shape index (κ2) is 8.80. The zero-order valence-corrected chi connectivity index (χ0v) is 16.8. The van der Waals surface area contributed by atoms with E-state index >= 15 is 0 Å². The molecule has 1 saturated carbocycles. The topological polar surface area (TPSA) is 121 Å². The summed E-state index contributed by atoms with van der Waals surface area (Å²) in [5.74, 6) is 2.51. The molecule has 0 spiro atoms. The highest BCUT2D eigenvalue weighted by molar-refractivity contribution is 5.76. The van der Waals surface area contributed by atoms with Crippen molar-refractivity contribution < 1.29 is 9.47 Å². The Morgan fingerprint density at radius 3 is 2.73 bits per heavy atom. The molecule has 0 amide bonds. The number of H-pyrrole nitrogens is 1. The molecular formula is C21H23N7O2. The number of methoxy groups -OCH3 is 1. The summed E-state index contributed by atoms with van der Waals surface area (Å²) in [7, 11) is 3.62. The van der Waals surface area contributed by atoms with E-state index in [-0.39, 0.29) is 11.8 Å². The number of rotatable bonds is 7. The monoisotopic (exact) mass is 405 g/mol. The normalized spacial score (nSPS) is 18.0. The average molecular weight is 405 g/mol. The van der Waals surface area contributed by atoms with E-state index < -0.39 is 0 Å². The van der Waals surface area contributed by atoms with E-state index in [9.17, 15) is 0 Å². The Morgan fingerprint density at radius 2 is 2.03 bits per heavy atom. The standard InChI is InChI=1S/C21H23N7O2/c1-23-13-6-7-15(8-13)30-18-5-3-4-17(29-2)21(18)16-9-19(28-27-16)26-20-12-24-14(10-22)11-25-20/h3-5,9,11-13,15,23H,6-8H2,1-2H3,(H2,25,26,27,28). The maximum Gasteiger partial charge on any atom is 0.158 e. The number of aromatic amines is 1. The minimum absolute atomic E-state index is 0.155. The molecule has 2 heterocycles. The summed E-state index contributed by atoms with van der Waals surface area (Å²) < 4.78 is 11.9. The van der Waals surface area contributed by atoms with Gasteiger partial charge in [-0.3, -0.25) is 5.10 Å². The van der Waals surface area contributed by atoms with Gasteiger partial charge in [0.2, 0.25) is 0 Å². The molecule has 3 aromatic rings. The minimum atomic E-state index is 0.155. The lowest BCUT2D eigenvalue weighted by Crippen LogP contribution is -2.23. The molecule has 1 aromatic carbocycles. The molecule has 154 valence electrons. The molecule has 30 heavy (non-hydrogen) atoms. The third kappa shape index (κ3) is 4.18. The highest BCUT2D eigenvalue weighted by atomic mass is 16.5. The molecule has 9 heteroatoms. The molecule has 9 nitrogen and oxygen atoms in total. The van der Waals surface area contributed by atoms with Crippen LogP contribution in [-0.2, 0) is 0 Å². The van der Waals surface area contributed by atoms with Crippen molar-refractivity contribution in [3.05, 3.63) is 42.4 Å². The van der Waals surface area contributed by atoms with Crippen molar-refractivity contribution >= 4 is 11.6 Å². The molecule has 2 unspecified atom stereocenters. The van der Waals surface area contributed by atoms with Gasteiger partial charge in [-0.15, -0.1) is 0 Å². The zero-order chi connectivity index (χ0) is 20.9. The van der Waals surface area contributed by atoms with Crippen LogP contribution in [0, 0.1) is 11.3 Å². The summed E-state index contributed by atoms with van der Waals surface area (Å²) in [5, 5.41) is 22.6. The van der Waals surface area contributed by atoms with Crippen molar-refractivity contribution in [2.45, 2.75) is 31.4 Å². The third-order valence-corrected chi connectivity index (χ3v) is 5.16. The highest BCUT2D eigenvalue weighted by Crippen LogP contribution is 2.40. The molecule has 4 rings (SSSR count). The summed E-state index contributed by atoms with van der Waals surface area (Å²) in [6.07, 6.45) is 6.13. The third-order valence-electron chi connectivity index (χ3n) is 5.16. The predicted octanol–water partition coefficient (Wildman–Crippen LogP) is 3.01. The second-order valence-electron chi connectivity index (χ2n) is 7.06. The lowest BCUT2D eigenvalue weighted by atomic mass is 10.1. The summed E-state index contributed by atoms with van der Waals surface area (Å²) in [4.78, 5) is 8.16. The molecule has 1 aliphatic carbocycles. The van der Waals surface area contributed by atoms with E-state index in [0.717, 1.165) is 36.3 Å². The SMILES string of the molecule is CNC1CCC(Oc2cccc(OC)c2-c2cc(Nc3cnc(C#N)cn3)n[nH]2)C1. The van der Waals surface area contributed by atoms with Gasteiger partial charge in [0.25, 0.3) is 0 Å². The predicted molar refractivity (Wildman–Crippen MR) is 112 cm³/mol. The number of hydrogen-bond acceptors (Lipinski definition) is 8. The summed E-state index contributed by atoms with van der Waals surface area (Å²) in [5.41, 5.74) is 1.83. The summed E-state index contributed by atoms with van der Waals surface area (Å²) in [6, 6.07) is 10.1. The van der Waals surface area contributed by atoms with Crippen molar-refractivity contribution in [2.24, 2.45) is 0 Å². The maximum absolute atomic E-state index is 8.84. The Morgan fingerprint density at radius 1 is 1.17 bits per heavy atom. The van der Waals surface area contributed by atoms with E-state index in [1.165, 1.54) is 12.4 Å². The number of anilines is 2. The van der Waals surface area contributed by atoms with Gasteiger partial charge in [0.05, 0.1) is 30.8 Å². The maximum atomic E-state index is 8.84. The van der Waals surface area contributed by atoms with Gasteiger partial charge in [0.15, 0.2) is 11.5 Å². The molecule has 0 bridgehead atoms. The second-order valence-corrected chi connectivity index (χ2v) is 7.06. The Hall–Kier alpha value is -3.64. The molecule has 1 aliphatic rings. The number of nitrogens with zero attached hydrogens (tertiary/aromatic N) is 4. The Bertz CT molecular complexity index is 1040. The first kappa shape index (κ1) is 19.7. The minimum Gasteiger partial charge on any atom is -0.496 e. The quantitative estimate of drug-likeness (QED) is 0.548. The first-order valence-corrected chi connectivity index (χ1v) is 9.76. The molecule has 3 N–H and O–H groups in total. The van der Waals surface area contributed by atoms with Crippen LogP contribution in [-0.4, -0.2) is 46.5 Å². The largest absolute Gasteiger partial charge is 0.496 e. The Balaban J connectivity index is 1.57. The van der Waals surface area contributed by atoms with Crippen LogP contribution in [0.5, 0.6) is 11.5 Å². The van der Waals surface area contributed by atoms with Crippen LogP contribution in [0.4, 0.5) is 11.6 Å². The van der Waals surface area contributed by atoms with Crippen molar-refractivity contribution in [3.8, 4) is 28.8 Å². The van der Waals surface area contributed by atoms with Gasteiger partial charge >= 0.3 is 0 Å². The van der Waals surface area contributed by atoms with Crippen LogP contribution < -0.4 is 20.1 Å². The van der Waals surface area contributed by atoms with Crippen LogP contribution in [0.15, 0.2) is 36.7 Å². The van der Waals surface area contributed by atoms with Crippen molar-refractivity contribution in [1.29, 1.82) is 5.26 Å². The van der Waals surface area contributed by atoms with Crippen molar-refractivity contribution in [3.63, 3.8) is 0 Å². The van der Waals surface area contributed by atoms with Gasteiger partial charge in [0.1, 0.15) is 29.5 Å². The highest BCUT2D eigenvalue weighted by Gasteiger charge is 2.26. The Labute approximate surface area is 174 Å². The fraction of sp³-hybridized carbons (Fsp3) is 0.333. The lowest BCUT2D eigenvalue weighted by molar-refractivity contribution is 0.207. The first-order chi connectivity index (χ1) is 14.7. The lowest BCUT2D eigenvalue weighted by Gasteiger charge is -2.18. The number of aromatic nitrogens is 4. The van der Waals surface area contributed by atoms with E-state index in [1.54, 1.807) is 7.11 Å². The van der Waals surface area contributed by atoms with Gasteiger partial charge in [-0.05, 0) is 38.4 Å². The van der Waals surface area contributed by atoms with Crippen LogP contribution in [0.3, 0.4) is 0 Å². The average Bonchev–Trinajstić information content (AvgIpc) is 3.43. The summed E-state index contributed by atoms with van der Waals surface area (Å²) in [6.45, 7) is 0. The van der Waals surface area contributed by atoms with Crippen LogP contribution >= 0.6 is 0 Å². The molecule has 0 saturated heterocycles. The molecule has 2 aromatic heterocycles. The number of nitrogens with one attached hydrogen (secondary N) is 3. The van der Waals surface area contributed by atoms with E-state index in [0.29, 0.717) is 23.4 Å². The van der Waals surface area contributed by atoms with Gasteiger partial charge in [-0.25, -0.2) is 9.97 Å². The molecule has 1 fully saturated rings. The van der Waals surface area contributed by atoms with Crippen molar-refractivity contribution in [1.82, 2.24) is 25.5 Å². The van der Waals surface area contributed by atoms with E-state index in [4.69, 9.17) is 14.7 Å². The number of hydrogen-bond donors (Lipinski definition) is 3. The number of ether oxygens (including phenoxy) is 2. The van der Waals surface area contributed by atoms with E-state index in [2.05, 4.69) is 30.8 Å². The molecule has 2 atom stereocenters. The Kier molecular flexibility index (Phi) is 5.77. The van der Waals surface area contributed by atoms with Crippen LogP contribution in [0.2, 0.25) is 0 Å². The van der Waals surface area contributed by atoms with Crippen molar-refractivity contribution in [2.75, 3.05) is 19.5 Å². The molecular weight excluding hydrogens is 382 g/mol. The molecule has 0 aliphatic heterocycles. The fourth-order valence-corrected chi connectivity index (χ4v) is 3.63. The fourth-order valence-electron chi connectivity index (χ4n) is 3.63. The smallest absolute Gasteiger partial charge is 0.158 e. The first-order valence-electron chi connectivity index (χ1n) is 9.76. The summed E-state index contributed by atoms with van der Waals surface area (Å²) >= 11 is 0. The van der Waals surface area contributed by atoms with Gasteiger partial charge < -0.3 is 20.1 Å². The number of benzene rings is 1. The van der Waals surface area contributed by atoms with Crippen LogP contribution in [0.25, 0.3) is 11.3 Å². The van der Waals surface area contributed by atoms with E-state index in [1.807, 2.05) is 37.4 Å². The van der Waals surface area contributed by atoms with Crippen LogP contribution in [0.1, 0.15) is 25.0 Å². The van der Waals surface area contributed by atoms with Gasteiger partial charge in [-0.1, -0.05) is 6.07 Å². The van der Waals surface area contributed by atoms with Gasteiger partial charge in [-0.2, -0.15) is 10.4 Å².